The Morgan fingerprint density at radius 2 is 1.88 bits per heavy atom. The quantitative estimate of drug-likeness (QED) is 0.625. The van der Waals surface area contributed by atoms with E-state index in [4.69, 9.17) is 9.47 Å². The van der Waals surface area contributed by atoms with Crippen molar-refractivity contribution in [2.45, 2.75) is 20.5 Å². The van der Waals surface area contributed by atoms with Crippen molar-refractivity contribution >= 4 is 5.97 Å². The Balaban J connectivity index is 1.73. The molecule has 0 atom stereocenters. The van der Waals surface area contributed by atoms with Crippen LogP contribution in [-0.4, -0.2) is 37.8 Å². The summed E-state index contributed by atoms with van der Waals surface area (Å²) in [5.41, 5.74) is 2.13. The van der Waals surface area contributed by atoms with Crippen molar-refractivity contribution < 1.29 is 18.7 Å². The van der Waals surface area contributed by atoms with Gasteiger partial charge < -0.3 is 9.47 Å². The molecule has 0 saturated heterocycles. The van der Waals surface area contributed by atoms with Crippen molar-refractivity contribution in [3.63, 3.8) is 0 Å². The van der Waals surface area contributed by atoms with Crippen LogP contribution in [0.1, 0.15) is 28.8 Å². The highest BCUT2D eigenvalue weighted by Crippen LogP contribution is 2.16. The summed E-state index contributed by atoms with van der Waals surface area (Å²) in [6, 6.07) is 8.89. The van der Waals surface area contributed by atoms with Crippen LogP contribution in [0.25, 0.3) is 5.69 Å². The van der Waals surface area contributed by atoms with Gasteiger partial charge in [-0.1, -0.05) is 5.21 Å². The van der Waals surface area contributed by atoms with E-state index in [-0.39, 0.29) is 30.6 Å². The van der Waals surface area contributed by atoms with Gasteiger partial charge >= 0.3 is 5.97 Å². The number of carbonyl (C=O) groups excluding carboxylic acids is 1. The third kappa shape index (κ3) is 3.82. The zero-order valence-corrected chi connectivity index (χ0v) is 14.2. The summed E-state index contributed by atoms with van der Waals surface area (Å²) in [6.45, 7) is 3.90. The highest BCUT2D eigenvalue weighted by Gasteiger charge is 2.13. The summed E-state index contributed by atoms with van der Waals surface area (Å²) >= 11 is 0. The first-order valence-electron chi connectivity index (χ1n) is 7.89. The number of carbonyl (C=O) groups is 1. The van der Waals surface area contributed by atoms with E-state index < -0.39 is 5.97 Å². The number of hydrogen-bond donors (Lipinski definition) is 0. The summed E-state index contributed by atoms with van der Waals surface area (Å²) in [4.78, 5) is 11.6. The second-order valence-electron chi connectivity index (χ2n) is 5.28. The minimum Gasteiger partial charge on any atom is -0.470 e. The number of halogens is 1. The molecule has 3 rings (SSSR count). The zero-order valence-electron chi connectivity index (χ0n) is 14.2. The molecule has 8 nitrogen and oxygen atoms in total. The topological polar surface area (TPSA) is 92.0 Å². The third-order valence-corrected chi connectivity index (χ3v) is 3.51. The zero-order chi connectivity index (χ0) is 18.5. The Bertz CT molecular complexity index is 894. The largest absolute Gasteiger partial charge is 0.470 e. The molecule has 0 aliphatic rings. The predicted molar refractivity (Wildman–Crippen MR) is 88.4 cm³/mol. The standard InChI is InChI=1S/C17H16FN5O3/c1-3-25-17(24)14-8-9-16(21-20-14)26-10-15-11(2)19-22-23(15)13-6-4-12(18)5-7-13/h4-9H,3,10H2,1-2H3. The van der Waals surface area contributed by atoms with Crippen molar-refractivity contribution in [2.24, 2.45) is 0 Å². The molecule has 0 aliphatic heterocycles. The lowest BCUT2D eigenvalue weighted by atomic mass is 10.3. The molecule has 134 valence electrons. The lowest BCUT2D eigenvalue weighted by Gasteiger charge is -2.08. The summed E-state index contributed by atoms with van der Waals surface area (Å²) in [7, 11) is 0. The molecule has 1 aromatic carbocycles. The van der Waals surface area contributed by atoms with Crippen LogP contribution in [0.2, 0.25) is 0 Å². The van der Waals surface area contributed by atoms with Crippen molar-refractivity contribution in [3.05, 3.63) is 59.3 Å². The summed E-state index contributed by atoms with van der Waals surface area (Å²) in [5.74, 6) is -0.634. The van der Waals surface area contributed by atoms with Gasteiger partial charge in [0.2, 0.25) is 5.88 Å². The molecule has 0 saturated carbocycles. The SMILES string of the molecule is CCOC(=O)c1ccc(OCc2c(C)nnn2-c2ccc(F)cc2)nn1. The monoisotopic (exact) mass is 357 g/mol. The lowest BCUT2D eigenvalue weighted by Crippen LogP contribution is -2.10. The van der Waals surface area contributed by atoms with Crippen molar-refractivity contribution in [3.8, 4) is 11.6 Å². The molecule has 0 spiro atoms. The Morgan fingerprint density at radius 1 is 1.12 bits per heavy atom. The number of rotatable bonds is 6. The maximum absolute atomic E-state index is 13.1. The Morgan fingerprint density at radius 3 is 2.54 bits per heavy atom. The van der Waals surface area contributed by atoms with E-state index >= 15 is 0 Å². The van der Waals surface area contributed by atoms with Gasteiger partial charge in [-0.15, -0.1) is 15.3 Å². The number of ether oxygens (including phenoxy) is 2. The molecule has 0 radical (unpaired) electrons. The van der Waals surface area contributed by atoms with Gasteiger partial charge in [0.05, 0.1) is 18.0 Å². The van der Waals surface area contributed by atoms with E-state index in [9.17, 15) is 9.18 Å². The Labute approximate surface area is 148 Å². The number of esters is 1. The molecule has 2 aromatic heterocycles. The van der Waals surface area contributed by atoms with Crippen molar-refractivity contribution in [1.82, 2.24) is 25.2 Å². The summed E-state index contributed by atoms with van der Waals surface area (Å²) < 4.78 is 25.1. The molecule has 9 heteroatoms. The van der Waals surface area contributed by atoms with Crippen LogP contribution in [0.5, 0.6) is 5.88 Å². The minimum absolute atomic E-state index is 0.105. The number of hydrogen-bond acceptors (Lipinski definition) is 7. The molecule has 2 heterocycles. The number of aryl methyl sites for hydroxylation is 1. The minimum atomic E-state index is -0.541. The maximum atomic E-state index is 13.1. The van der Waals surface area contributed by atoms with Gasteiger partial charge in [-0.25, -0.2) is 13.9 Å². The van der Waals surface area contributed by atoms with Gasteiger partial charge in [0.25, 0.3) is 0 Å². The molecule has 0 fully saturated rings. The lowest BCUT2D eigenvalue weighted by molar-refractivity contribution is 0.0517. The van der Waals surface area contributed by atoms with E-state index in [0.29, 0.717) is 17.1 Å². The molecule has 0 amide bonds. The van der Waals surface area contributed by atoms with Gasteiger partial charge in [0.15, 0.2) is 5.69 Å². The molecular formula is C17H16FN5O3. The van der Waals surface area contributed by atoms with E-state index in [2.05, 4.69) is 20.5 Å². The molecule has 0 aliphatic carbocycles. The molecular weight excluding hydrogens is 341 g/mol. The Kier molecular flexibility index (Phi) is 5.16. The highest BCUT2D eigenvalue weighted by atomic mass is 19.1. The fourth-order valence-electron chi connectivity index (χ4n) is 2.19. The molecule has 0 bridgehead atoms. The Hall–Kier alpha value is -3.36. The maximum Gasteiger partial charge on any atom is 0.358 e. The first-order chi connectivity index (χ1) is 12.6. The van der Waals surface area contributed by atoms with E-state index in [1.807, 2.05) is 0 Å². The smallest absolute Gasteiger partial charge is 0.358 e. The van der Waals surface area contributed by atoms with Crippen LogP contribution in [-0.2, 0) is 11.3 Å². The number of benzene rings is 1. The van der Waals surface area contributed by atoms with Crippen LogP contribution < -0.4 is 4.74 Å². The molecule has 26 heavy (non-hydrogen) atoms. The van der Waals surface area contributed by atoms with Crippen LogP contribution >= 0.6 is 0 Å². The third-order valence-electron chi connectivity index (χ3n) is 3.51. The fraction of sp³-hybridized carbons (Fsp3) is 0.235. The van der Waals surface area contributed by atoms with Crippen LogP contribution in [0.4, 0.5) is 4.39 Å². The van der Waals surface area contributed by atoms with Gasteiger partial charge in [-0.05, 0) is 44.2 Å². The van der Waals surface area contributed by atoms with E-state index in [1.54, 1.807) is 30.7 Å². The van der Waals surface area contributed by atoms with Crippen LogP contribution in [0, 0.1) is 12.7 Å². The van der Waals surface area contributed by atoms with Crippen molar-refractivity contribution in [2.75, 3.05) is 6.61 Å². The number of aromatic nitrogens is 5. The van der Waals surface area contributed by atoms with Crippen LogP contribution in [0.3, 0.4) is 0 Å². The van der Waals surface area contributed by atoms with Crippen molar-refractivity contribution in [1.29, 1.82) is 0 Å². The fourth-order valence-corrected chi connectivity index (χ4v) is 2.19. The molecule has 0 N–H and O–H groups in total. The second-order valence-corrected chi connectivity index (χ2v) is 5.28. The predicted octanol–water partition coefficient (Wildman–Crippen LogP) is 2.26. The molecule has 3 aromatic rings. The van der Waals surface area contributed by atoms with E-state index in [0.717, 1.165) is 0 Å². The second kappa shape index (κ2) is 7.68. The van der Waals surface area contributed by atoms with Gasteiger partial charge in [-0.3, -0.25) is 0 Å². The first kappa shape index (κ1) is 17.5. The molecule has 0 unspecified atom stereocenters. The van der Waals surface area contributed by atoms with Gasteiger partial charge in [-0.2, -0.15) is 0 Å². The highest BCUT2D eigenvalue weighted by molar-refractivity contribution is 5.86. The average Bonchev–Trinajstić information content (AvgIpc) is 3.02. The van der Waals surface area contributed by atoms with E-state index in [1.165, 1.54) is 24.3 Å². The van der Waals surface area contributed by atoms with Crippen LogP contribution in [0.15, 0.2) is 36.4 Å². The van der Waals surface area contributed by atoms with Gasteiger partial charge in [0, 0.05) is 6.07 Å². The average molecular weight is 357 g/mol. The number of nitrogens with zero attached hydrogens (tertiary/aromatic N) is 5. The normalized spacial score (nSPS) is 10.6. The van der Waals surface area contributed by atoms with Gasteiger partial charge in [0.1, 0.15) is 18.1 Å². The summed E-state index contributed by atoms with van der Waals surface area (Å²) in [5, 5.41) is 15.7. The summed E-state index contributed by atoms with van der Waals surface area (Å²) in [6.07, 6.45) is 0. The first-order valence-corrected chi connectivity index (χ1v) is 7.89.